The van der Waals surface area contributed by atoms with E-state index in [4.69, 9.17) is 4.74 Å². The minimum atomic E-state index is -3.24. The fourth-order valence-electron chi connectivity index (χ4n) is 4.70. The predicted molar refractivity (Wildman–Crippen MR) is 135 cm³/mol. The van der Waals surface area contributed by atoms with Crippen molar-refractivity contribution in [3.8, 4) is 11.3 Å². The molecule has 12 heteroatoms. The molecule has 1 amide bonds. The average molecular weight is 528 g/mol. The number of pyridine rings is 2. The van der Waals surface area contributed by atoms with Crippen molar-refractivity contribution in [3.63, 3.8) is 0 Å². The number of morpholine rings is 1. The molecule has 2 aliphatic heterocycles. The Morgan fingerprint density at radius 3 is 2.68 bits per heavy atom. The Morgan fingerprint density at radius 1 is 1.21 bits per heavy atom. The van der Waals surface area contributed by atoms with Crippen LogP contribution >= 0.6 is 0 Å². The van der Waals surface area contributed by atoms with Crippen LogP contribution in [0.2, 0.25) is 0 Å². The van der Waals surface area contributed by atoms with Gasteiger partial charge in [-0.25, -0.2) is 24.3 Å². The number of carbonyl (C=O) groups is 1. The highest BCUT2D eigenvalue weighted by Crippen LogP contribution is 2.34. The molecule has 2 aliphatic rings. The fourth-order valence-corrected chi connectivity index (χ4v) is 4.70. The van der Waals surface area contributed by atoms with Gasteiger partial charge in [0.15, 0.2) is 0 Å². The summed E-state index contributed by atoms with van der Waals surface area (Å²) in [5, 5.41) is 5.67. The summed E-state index contributed by atoms with van der Waals surface area (Å²) in [6.07, 6.45) is 3.02. The average Bonchev–Trinajstić information content (AvgIpc) is 3.48. The monoisotopic (exact) mass is 527 g/mol. The molecule has 0 radical (unpaired) electrons. The van der Waals surface area contributed by atoms with E-state index in [0.717, 1.165) is 19.9 Å². The Labute approximate surface area is 217 Å². The molecular weight excluding hydrogens is 499 g/mol. The number of nitrogens with one attached hydrogen (secondary N) is 2. The van der Waals surface area contributed by atoms with Gasteiger partial charge < -0.3 is 15.4 Å². The molecule has 0 aromatic carbocycles. The third-order valence-electron chi connectivity index (χ3n) is 6.57. The van der Waals surface area contributed by atoms with Gasteiger partial charge in [0.2, 0.25) is 11.7 Å². The Hall–Kier alpha value is -3.64. The molecule has 5 rings (SSSR count). The van der Waals surface area contributed by atoms with Gasteiger partial charge in [0.1, 0.15) is 17.5 Å². The zero-order chi connectivity index (χ0) is 27.0. The van der Waals surface area contributed by atoms with Gasteiger partial charge in [-0.05, 0) is 25.0 Å². The van der Waals surface area contributed by atoms with Gasteiger partial charge in [0, 0.05) is 62.6 Å². The van der Waals surface area contributed by atoms with Crippen LogP contribution in [0.5, 0.6) is 0 Å². The number of halogens is 3. The number of rotatable bonds is 8. The van der Waals surface area contributed by atoms with Crippen LogP contribution < -0.4 is 10.6 Å². The van der Waals surface area contributed by atoms with Crippen LogP contribution in [0.4, 0.5) is 30.5 Å². The number of anilines is 3. The van der Waals surface area contributed by atoms with Gasteiger partial charge in [-0.2, -0.15) is 8.78 Å². The standard InChI is InChI=1S/C26H28F3N7O2/c1-4-15-7-24(35-25(32-15)26(3,28)29)34-21-9-23(31-14(2)37)30-10-18(21)20-6-5-19(27)22(33-20)12-36-11-17-8-16(36)13-38-17/h5-7,9-10,16-17H,4,8,11-13H2,1-3H3,(H2,30,31,32,34,35,37)/t16-,17-/m1/s1. The molecule has 3 aromatic rings. The highest BCUT2D eigenvalue weighted by molar-refractivity contribution is 5.89. The molecule has 0 aliphatic carbocycles. The number of nitrogens with zero attached hydrogens (tertiary/aromatic N) is 5. The number of hydrogen-bond donors (Lipinski definition) is 2. The van der Waals surface area contributed by atoms with Gasteiger partial charge in [-0.15, -0.1) is 0 Å². The summed E-state index contributed by atoms with van der Waals surface area (Å²) in [5.74, 6) is -4.21. The number of aryl methyl sites for hydroxylation is 1. The Morgan fingerprint density at radius 2 is 2.03 bits per heavy atom. The van der Waals surface area contributed by atoms with Crippen LogP contribution in [0, 0.1) is 5.82 Å². The molecule has 9 nitrogen and oxygen atoms in total. The second kappa shape index (κ2) is 10.3. The summed E-state index contributed by atoms with van der Waals surface area (Å²) < 4.78 is 48.6. The van der Waals surface area contributed by atoms with E-state index in [2.05, 4.69) is 35.5 Å². The van der Waals surface area contributed by atoms with Crippen molar-refractivity contribution in [1.29, 1.82) is 0 Å². The Balaban J connectivity index is 1.52. The van der Waals surface area contributed by atoms with Crippen molar-refractivity contribution < 1.29 is 22.7 Å². The number of likely N-dealkylation sites (tertiary alicyclic amines) is 1. The van der Waals surface area contributed by atoms with Crippen LogP contribution in [0.1, 0.15) is 44.4 Å². The topological polar surface area (TPSA) is 105 Å². The summed E-state index contributed by atoms with van der Waals surface area (Å²) in [6, 6.07) is 6.25. The van der Waals surface area contributed by atoms with Gasteiger partial charge in [0.05, 0.1) is 29.8 Å². The third kappa shape index (κ3) is 5.60. The van der Waals surface area contributed by atoms with E-state index < -0.39 is 17.6 Å². The number of ether oxygens (including phenoxy) is 1. The molecule has 200 valence electrons. The Bertz CT molecular complexity index is 1370. The maximum absolute atomic E-state index is 14.8. The summed E-state index contributed by atoms with van der Waals surface area (Å²) in [4.78, 5) is 30.7. The zero-order valence-corrected chi connectivity index (χ0v) is 21.3. The van der Waals surface area contributed by atoms with Gasteiger partial charge in [0.25, 0.3) is 0 Å². The largest absolute Gasteiger partial charge is 0.375 e. The minimum absolute atomic E-state index is 0.144. The molecule has 0 saturated carbocycles. The summed E-state index contributed by atoms with van der Waals surface area (Å²) >= 11 is 0. The van der Waals surface area contributed by atoms with E-state index in [1.807, 2.05) is 0 Å². The van der Waals surface area contributed by atoms with Crippen molar-refractivity contribution >= 4 is 23.2 Å². The SMILES string of the molecule is CCc1cc(Nc2cc(NC(C)=O)ncc2-c2ccc(F)c(CN3C[C@H]4C[C@@H]3CO4)n2)nc(C(C)(F)F)n1. The smallest absolute Gasteiger partial charge is 0.303 e. The lowest BCUT2D eigenvalue weighted by Crippen LogP contribution is -2.36. The number of hydrogen-bond acceptors (Lipinski definition) is 8. The first-order valence-corrected chi connectivity index (χ1v) is 12.4. The molecule has 5 heterocycles. The molecule has 3 aromatic heterocycles. The molecule has 0 spiro atoms. The van der Waals surface area contributed by atoms with Crippen LogP contribution in [0.25, 0.3) is 11.3 Å². The van der Waals surface area contributed by atoms with Crippen LogP contribution in [-0.2, 0) is 28.4 Å². The summed E-state index contributed by atoms with van der Waals surface area (Å²) in [6.45, 7) is 5.59. The molecule has 2 saturated heterocycles. The van der Waals surface area contributed by atoms with Crippen LogP contribution in [0.15, 0.2) is 30.5 Å². The number of alkyl halides is 2. The number of aromatic nitrogens is 4. The van der Waals surface area contributed by atoms with E-state index in [0.29, 0.717) is 42.2 Å². The van der Waals surface area contributed by atoms with Gasteiger partial charge >= 0.3 is 5.92 Å². The maximum Gasteiger partial charge on any atom is 0.303 e. The van der Waals surface area contributed by atoms with E-state index in [-0.39, 0.29) is 35.4 Å². The fraction of sp³-hybridized carbons (Fsp3) is 0.423. The van der Waals surface area contributed by atoms with E-state index >= 15 is 0 Å². The molecule has 2 atom stereocenters. The first-order chi connectivity index (χ1) is 18.1. The molecule has 2 bridgehead atoms. The van der Waals surface area contributed by atoms with Gasteiger partial charge in [-0.3, -0.25) is 9.69 Å². The van der Waals surface area contributed by atoms with Crippen molar-refractivity contribution in [1.82, 2.24) is 24.8 Å². The maximum atomic E-state index is 14.8. The lowest BCUT2D eigenvalue weighted by Gasteiger charge is -2.26. The highest BCUT2D eigenvalue weighted by Gasteiger charge is 2.39. The van der Waals surface area contributed by atoms with Crippen molar-refractivity contribution in [2.45, 2.75) is 58.2 Å². The third-order valence-corrected chi connectivity index (χ3v) is 6.57. The molecular formula is C26H28F3N7O2. The van der Waals surface area contributed by atoms with Gasteiger partial charge in [-0.1, -0.05) is 6.92 Å². The quantitative estimate of drug-likeness (QED) is 0.444. The number of carbonyl (C=O) groups excluding carboxylic acids is 1. The van der Waals surface area contributed by atoms with E-state index in [1.165, 1.54) is 25.3 Å². The minimum Gasteiger partial charge on any atom is -0.375 e. The first-order valence-electron chi connectivity index (χ1n) is 12.4. The van der Waals surface area contributed by atoms with Crippen molar-refractivity contribution in [2.75, 3.05) is 23.8 Å². The Kier molecular flexibility index (Phi) is 7.01. The highest BCUT2D eigenvalue weighted by atomic mass is 19.3. The lowest BCUT2D eigenvalue weighted by atomic mass is 10.1. The summed E-state index contributed by atoms with van der Waals surface area (Å²) in [5.41, 5.74) is 2.02. The summed E-state index contributed by atoms with van der Waals surface area (Å²) in [7, 11) is 0. The second-order valence-electron chi connectivity index (χ2n) is 9.63. The molecule has 2 fully saturated rings. The van der Waals surface area contributed by atoms with E-state index in [9.17, 15) is 18.0 Å². The second-order valence-corrected chi connectivity index (χ2v) is 9.63. The normalized spacial score (nSPS) is 19.1. The lowest BCUT2D eigenvalue weighted by molar-refractivity contribution is -0.114. The number of amides is 1. The van der Waals surface area contributed by atoms with Crippen LogP contribution in [0.3, 0.4) is 0 Å². The predicted octanol–water partition coefficient (Wildman–Crippen LogP) is 4.42. The first kappa shape index (κ1) is 26.0. The van der Waals surface area contributed by atoms with Crippen molar-refractivity contribution in [2.24, 2.45) is 0 Å². The molecule has 38 heavy (non-hydrogen) atoms. The van der Waals surface area contributed by atoms with E-state index in [1.54, 1.807) is 19.1 Å². The molecule has 0 unspecified atom stereocenters. The molecule has 2 N–H and O–H groups in total. The zero-order valence-electron chi connectivity index (χ0n) is 21.3. The van der Waals surface area contributed by atoms with Crippen LogP contribution in [-0.4, -0.2) is 56.0 Å². The number of fused-ring (bicyclic) bond motifs is 2. The van der Waals surface area contributed by atoms with Crippen molar-refractivity contribution in [3.05, 3.63) is 53.5 Å².